The molecule has 0 aromatic rings. The Balaban J connectivity index is 0.000000238. The average Bonchev–Trinajstić information content (AvgIpc) is 4.32. The lowest BCUT2D eigenvalue weighted by molar-refractivity contribution is -0.155. The van der Waals surface area contributed by atoms with E-state index >= 15 is 0 Å². The van der Waals surface area contributed by atoms with E-state index in [1.54, 1.807) is 75.3 Å². The van der Waals surface area contributed by atoms with E-state index in [9.17, 15) is 19.5 Å². The van der Waals surface area contributed by atoms with Crippen molar-refractivity contribution >= 4 is 17.9 Å². The van der Waals surface area contributed by atoms with E-state index in [0.29, 0.717) is 42.1 Å². The van der Waals surface area contributed by atoms with Gasteiger partial charge in [0.1, 0.15) is 0 Å². The Morgan fingerprint density at radius 1 is 0.551 bits per heavy atom. The van der Waals surface area contributed by atoms with Gasteiger partial charge in [-0.3, -0.25) is 14.4 Å². The Morgan fingerprint density at radius 2 is 0.949 bits per heavy atom. The van der Waals surface area contributed by atoms with Gasteiger partial charge >= 0.3 is 17.9 Å². The van der Waals surface area contributed by atoms with E-state index < -0.39 is 0 Å². The molecule has 434 valence electrons. The zero-order valence-electron chi connectivity index (χ0n) is 48.5. The van der Waals surface area contributed by atoms with Crippen molar-refractivity contribution in [3.8, 4) is 30.3 Å². The number of esters is 3. The molecule has 13 fully saturated rings. The van der Waals surface area contributed by atoms with E-state index in [-0.39, 0.29) is 67.0 Å². The van der Waals surface area contributed by atoms with Crippen molar-refractivity contribution in [1.82, 2.24) is 0 Å². The van der Waals surface area contributed by atoms with Crippen LogP contribution in [0.2, 0.25) is 0 Å². The molecule has 78 heavy (non-hydrogen) atoms. The van der Waals surface area contributed by atoms with Crippen molar-refractivity contribution in [2.45, 2.75) is 195 Å². The van der Waals surface area contributed by atoms with Crippen LogP contribution in [-0.2, 0) is 23.9 Å². The van der Waals surface area contributed by atoms with Gasteiger partial charge in [0.05, 0.1) is 54.2 Å². The monoisotopic (exact) mass is 1080 g/mol. The number of ether oxygens (including phenoxy) is 2. The minimum absolute atomic E-state index is 0.00289. The third-order valence-corrected chi connectivity index (χ3v) is 20.6. The second kappa shape index (κ2) is 35.2. The summed E-state index contributed by atoms with van der Waals surface area (Å²) in [6.07, 6.45) is 33.3. The van der Waals surface area contributed by atoms with Gasteiger partial charge in [0.2, 0.25) is 7.05 Å². The fourth-order valence-electron chi connectivity index (χ4n) is 17.8. The van der Waals surface area contributed by atoms with Gasteiger partial charge in [-0.25, -0.2) is 6.57 Å². The highest BCUT2D eigenvalue weighted by Crippen LogP contribution is 2.61. The fraction of sp³-hybridized carbons (Fsp3) is 0.857. The molecule has 10 bridgehead atoms. The van der Waals surface area contributed by atoms with Crippen LogP contribution in [0.5, 0.6) is 0 Å². The third kappa shape index (κ3) is 17.2. The molecule has 11 aliphatic carbocycles. The van der Waals surface area contributed by atoms with E-state index in [2.05, 4.69) is 9.58 Å². The van der Waals surface area contributed by atoms with Crippen molar-refractivity contribution in [3.05, 3.63) is 11.4 Å². The van der Waals surface area contributed by atoms with Crippen LogP contribution >= 0.6 is 0 Å². The predicted octanol–water partition coefficient (Wildman–Crippen LogP) is 11.5. The summed E-state index contributed by atoms with van der Waals surface area (Å²) < 4.78 is 9.74. The van der Waals surface area contributed by atoms with Gasteiger partial charge in [0, 0.05) is 61.0 Å². The maximum atomic E-state index is 11.6. The number of hydrogen-bond donors (Lipinski definition) is 4. The van der Waals surface area contributed by atoms with Crippen molar-refractivity contribution in [1.29, 1.82) is 26.3 Å². The lowest BCUT2D eigenvalue weighted by Gasteiger charge is -2.35. The number of nitrogens with zero attached hydrogens (tertiary/aromatic N) is 6. The molecular weight excluding hydrogens is 985 g/mol. The quantitative estimate of drug-likeness (QED) is 0.113. The minimum atomic E-state index is -0.253. The van der Waals surface area contributed by atoms with Crippen LogP contribution in [-0.4, -0.2) is 78.4 Å². The van der Waals surface area contributed by atoms with Crippen molar-refractivity contribution in [3.63, 3.8) is 0 Å². The largest absolute Gasteiger partial charge is 0.465 e. The summed E-state index contributed by atoms with van der Waals surface area (Å²) in [5.74, 6) is 10.5. The van der Waals surface area contributed by atoms with Crippen LogP contribution in [0.15, 0.2) is 0 Å². The molecule has 0 aromatic carbocycles. The van der Waals surface area contributed by atoms with Gasteiger partial charge < -0.3 is 34.7 Å². The molecule has 18 unspecified atom stereocenters. The molecule has 18 atom stereocenters. The Kier molecular flexibility index (Phi) is 30.5. The lowest BCUT2D eigenvalue weighted by Crippen LogP contribution is -2.32. The molecule has 13 rings (SSSR count). The average molecular weight is 1080 g/mol. The van der Waals surface area contributed by atoms with Gasteiger partial charge in [-0.1, -0.05) is 38.5 Å². The summed E-state index contributed by atoms with van der Waals surface area (Å²) in [7, 11) is 1.42. The molecular formula is C63H98N6O9. The number of aliphatic hydroxyl groups is 4. The first-order chi connectivity index (χ1) is 37.7. The van der Waals surface area contributed by atoms with Crippen LogP contribution in [0, 0.1) is 169 Å². The van der Waals surface area contributed by atoms with Crippen molar-refractivity contribution in [2.75, 3.05) is 40.1 Å². The molecule has 0 radical (unpaired) electrons. The normalized spacial score (nSPS) is 38.2. The second-order valence-electron chi connectivity index (χ2n) is 24.3. The van der Waals surface area contributed by atoms with E-state index in [4.69, 9.17) is 52.9 Å². The Morgan fingerprint density at radius 3 is 1.29 bits per heavy atom. The summed E-state index contributed by atoms with van der Waals surface area (Å²) in [6, 6.07) is 8.75. The number of carbonyl (C=O) groups is 3. The number of aliphatic hydroxyl groups excluding tert-OH is 4. The highest BCUT2D eigenvalue weighted by atomic mass is 16.6. The summed E-state index contributed by atoms with van der Waals surface area (Å²) >= 11 is 0. The molecule has 2 aliphatic heterocycles. The zero-order chi connectivity index (χ0) is 57.8. The molecule has 2 heterocycles. The van der Waals surface area contributed by atoms with Crippen LogP contribution < -0.4 is 0 Å². The van der Waals surface area contributed by atoms with Gasteiger partial charge in [0.25, 0.3) is 0 Å². The molecule has 11 saturated carbocycles. The molecule has 0 amide bonds. The highest BCUT2D eigenvalue weighted by molar-refractivity contribution is 5.97. The molecule has 13 aliphatic rings. The Bertz CT molecular complexity index is 1940. The predicted molar refractivity (Wildman–Crippen MR) is 295 cm³/mol. The van der Waals surface area contributed by atoms with Gasteiger partial charge in [-0.2, -0.15) is 26.3 Å². The molecule has 4 N–H and O–H groups in total. The van der Waals surface area contributed by atoms with Crippen LogP contribution in [0.25, 0.3) is 4.85 Å². The smallest absolute Gasteiger partial charge is 0.317 e. The number of carbonyl (C=O) groups excluding carboxylic acids is 3. The Hall–Kier alpha value is -4.61. The van der Waals surface area contributed by atoms with Crippen LogP contribution in [0.1, 0.15) is 195 Å². The summed E-state index contributed by atoms with van der Waals surface area (Å²) in [6.45, 7) is 14.8. The maximum Gasteiger partial charge on any atom is 0.317 e. The number of nitriles is 5. The first-order valence-corrected chi connectivity index (χ1v) is 29.9. The zero-order valence-corrected chi connectivity index (χ0v) is 48.5. The molecule has 15 nitrogen and oxygen atoms in total. The summed E-state index contributed by atoms with van der Waals surface area (Å²) in [5, 5.41) is 73.1. The molecule has 2 saturated heterocycles. The minimum Gasteiger partial charge on any atom is -0.465 e. The van der Waals surface area contributed by atoms with Crippen molar-refractivity contribution in [2.24, 2.45) is 106 Å². The first kappa shape index (κ1) is 67.7. The van der Waals surface area contributed by atoms with Gasteiger partial charge in [-0.15, -0.1) is 0 Å². The van der Waals surface area contributed by atoms with E-state index in [1.807, 2.05) is 0 Å². The number of cyclic esters (lactones) is 3. The topological polar surface area (TPSA) is 274 Å². The third-order valence-electron chi connectivity index (χ3n) is 20.6. The number of hydrogen-bond acceptors (Lipinski definition) is 14. The van der Waals surface area contributed by atoms with Crippen LogP contribution in [0.3, 0.4) is 0 Å². The molecule has 1 spiro atoms. The van der Waals surface area contributed by atoms with E-state index in [0.717, 1.165) is 68.6 Å². The summed E-state index contributed by atoms with van der Waals surface area (Å²) in [5.41, 5.74) is 0.112. The Labute approximate surface area is 469 Å². The maximum absolute atomic E-state index is 11.6. The van der Waals surface area contributed by atoms with Crippen molar-refractivity contribution < 1.29 is 44.3 Å². The van der Waals surface area contributed by atoms with Gasteiger partial charge in [-0.05, 0) is 210 Å². The fourth-order valence-corrected chi connectivity index (χ4v) is 17.8. The number of fused-ring (bicyclic) bond motifs is 17. The standard InChI is InChI=1S/C13H22.C10H14O2.C10H18O2.C9H10O3.C9H16O2.6C2H3N/c1-2-4-6-13-11-8-7-10(9-11)12(13)5-3-1;11-9-10(3-4-12-9)6-7-1-2-8(10)5-7;11-4-3-10(7-12)6-8-1-2-9(10)5-8;10-8-6-4-1-2-5(3-4)7(6)9(11)12-8;10-4-8-6-1-2-7(3-6)9(8)5-11;1-3-2;5*1-2-3/h10-13H,1-9H2;7-8H,1-6H2;8-9,11-12H,1-7H2;4-7H,1-3H2;6-11H,1-5H2;6*1H3. The highest BCUT2D eigenvalue weighted by Gasteiger charge is 2.60. The second-order valence-corrected chi connectivity index (χ2v) is 24.3. The molecule has 0 aromatic heterocycles. The van der Waals surface area contributed by atoms with E-state index in [1.165, 1.54) is 136 Å². The van der Waals surface area contributed by atoms with Crippen LogP contribution in [0.4, 0.5) is 0 Å². The SMILES string of the molecule is C1CCCC2C3CCC(C3)C2CC1.CC#N.CC#N.CC#N.CC#N.CC#N.O=C1OC(=O)C2C3CCC(C3)C12.O=C1OCCC12CC1CCC2C1.OCC1C2CCC(C2)C1CO.OCCC1(CO)CC2CCC1C2.[C-]#[N+]C. The summed E-state index contributed by atoms with van der Waals surface area (Å²) in [4.78, 5) is 36.7. The number of rotatable bonds is 5. The van der Waals surface area contributed by atoms with Gasteiger partial charge in [0.15, 0.2) is 0 Å². The molecule has 15 heteroatoms. The first-order valence-electron chi connectivity index (χ1n) is 29.9. The lowest BCUT2D eigenvalue weighted by atomic mass is 9.71.